The molecule has 3 rings (SSSR count). The average molecular weight is 1130 g/mol. The van der Waals surface area contributed by atoms with Crippen LogP contribution in [0.5, 0.6) is 0 Å². The molecular formula is C59H90F2N6O13. The van der Waals surface area contributed by atoms with E-state index in [-0.39, 0.29) is 44.8 Å². The van der Waals surface area contributed by atoms with Crippen LogP contribution in [0.3, 0.4) is 0 Å². The van der Waals surface area contributed by atoms with Crippen LogP contribution in [0.4, 0.5) is 18.4 Å². The van der Waals surface area contributed by atoms with Crippen molar-refractivity contribution in [3.63, 3.8) is 0 Å². The van der Waals surface area contributed by atoms with Gasteiger partial charge < -0.3 is 55.5 Å². The number of ether oxygens (including phenoxy) is 4. The molecule has 6 N–H and O–H groups in total. The van der Waals surface area contributed by atoms with Crippen molar-refractivity contribution in [2.24, 2.45) is 17.8 Å². The number of alkyl carbamates (subject to hydrolysis) is 2. The van der Waals surface area contributed by atoms with Crippen molar-refractivity contribution in [3.05, 3.63) is 71.8 Å². The summed E-state index contributed by atoms with van der Waals surface area (Å²) in [6, 6.07) is 13.4. The van der Waals surface area contributed by atoms with E-state index < -0.39 is 133 Å². The van der Waals surface area contributed by atoms with Gasteiger partial charge in [0.2, 0.25) is 29.6 Å². The molecule has 1 unspecified atom stereocenters. The van der Waals surface area contributed by atoms with E-state index in [0.29, 0.717) is 17.5 Å². The Morgan fingerprint density at radius 1 is 0.750 bits per heavy atom. The molecule has 6 amide bonds. The molecule has 2 aromatic rings. The number of carbonyl (C=O) groups is 8. The van der Waals surface area contributed by atoms with Crippen molar-refractivity contribution < 1.29 is 71.2 Å². The van der Waals surface area contributed by atoms with Crippen LogP contribution < -0.4 is 26.6 Å². The standard InChI is InChI=1S/C59H90F2N6O13/c1-11-12-13-14-15-16-17-24-29-46(40(4)52(71)67(10)45(53(72)73)34-39(2)3)79-47(68)35-62-50(69)48(41(5)77-36-42-25-20-18-21-26-42)64-54(74)58(9,38-63-55(75)78-37-43-27-22-19-23-28-43)66-51(70)49(65-56(76)80-57(6,7)8)44-30-32-59(60,61)33-31-44/h18-23,25-28,39-41,44-46,48-49H,11-17,24,29-38H2,1-10H3,(H,62,69)(H,63,75)(H,64,74)(H,65,76)(H,66,70)(H,72,73)/t40-,41+,45+,46-,48+,49?,58-/m1/s1. The van der Waals surface area contributed by atoms with E-state index in [2.05, 4.69) is 33.5 Å². The zero-order valence-corrected chi connectivity index (χ0v) is 48.7. The van der Waals surface area contributed by atoms with E-state index in [4.69, 9.17) is 18.9 Å². The number of nitrogens with one attached hydrogen (secondary N) is 5. The zero-order chi connectivity index (χ0) is 59.6. The first-order valence-corrected chi connectivity index (χ1v) is 28.2. The first-order valence-electron chi connectivity index (χ1n) is 28.2. The van der Waals surface area contributed by atoms with Gasteiger partial charge in [0.15, 0.2) is 0 Å². The number of benzene rings is 2. The lowest BCUT2D eigenvalue weighted by Crippen LogP contribution is -2.68. The fraction of sp³-hybridized carbons (Fsp3) is 0.661. The fourth-order valence-electron chi connectivity index (χ4n) is 9.25. The number of likely N-dealkylation sites (N-methyl/N-ethyl adjacent to an activating group) is 1. The number of carboxylic acids is 1. The summed E-state index contributed by atoms with van der Waals surface area (Å²) in [5.41, 5.74) is -1.84. The van der Waals surface area contributed by atoms with Gasteiger partial charge in [-0.15, -0.1) is 0 Å². The van der Waals surface area contributed by atoms with Crippen molar-refractivity contribution in [1.82, 2.24) is 31.5 Å². The molecule has 7 atom stereocenters. The van der Waals surface area contributed by atoms with Gasteiger partial charge in [-0.3, -0.25) is 24.0 Å². The van der Waals surface area contributed by atoms with Crippen molar-refractivity contribution >= 4 is 47.8 Å². The van der Waals surface area contributed by atoms with Gasteiger partial charge in [-0.1, -0.05) is 133 Å². The second-order valence-electron chi connectivity index (χ2n) is 22.7. The molecule has 0 heterocycles. The lowest BCUT2D eigenvalue weighted by molar-refractivity contribution is -0.160. The Bertz CT molecular complexity index is 2280. The number of alkyl halides is 2. The van der Waals surface area contributed by atoms with Gasteiger partial charge in [0.1, 0.15) is 48.5 Å². The van der Waals surface area contributed by atoms with Gasteiger partial charge in [-0.25, -0.2) is 23.2 Å². The summed E-state index contributed by atoms with van der Waals surface area (Å²) < 4.78 is 51.8. The van der Waals surface area contributed by atoms with Crippen LogP contribution >= 0.6 is 0 Å². The number of halogens is 2. The number of rotatable bonds is 33. The van der Waals surface area contributed by atoms with E-state index in [1.165, 1.54) is 25.8 Å². The van der Waals surface area contributed by atoms with Crippen molar-refractivity contribution in [2.75, 3.05) is 20.1 Å². The predicted molar refractivity (Wildman–Crippen MR) is 297 cm³/mol. The molecule has 0 saturated heterocycles. The molecule has 0 aliphatic heterocycles. The maximum atomic E-state index is 14.9. The van der Waals surface area contributed by atoms with Gasteiger partial charge in [0.05, 0.1) is 25.2 Å². The molecular weight excluding hydrogens is 1040 g/mol. The van der Waals surface area contributed by atoms with E-state index in [0.717, 1.165) is 44.9 Å². The van der Waals surface area contributed by atoms with Gasteiger partial charge in [-0.2, -0.15) is 0 Å². The number of esters is 1. The molecule has 19 nitrogen and oxygen atoms in total. The topological polar surface area (TPSA) is 257 Å². The highest BCUT2D eigenvalue weighted by atomic mass is 19.3. The minimum Gasteiger partial charge on any atom is -0.480 e. The highest BCUT2D eigenvalue weighted by Gasteiger charge is 2.45. The molecule has 0 spiro atoms. The fourth-order valence-corrected chi connectivity index (χ4v) is 9.25. The van der Waals surface area contributed by atoms with Crippen LogP contribution in [0.2, 0.25) is 0 Å². The molecule has 0 bridgehead atoms. The molecule has 1 saturated carbocycles. The third-order valence-corrected chi connectivity index (χ3v) is 14.1. The maximum absolute atomic E-state index is 14.9. The highest BCUT2D eigenvalue weighted by Crippen LogP contribution is 2.38. The number of amides is 6. The summed E-state index contributed by atoms with van der Waals surface area (Å²) in [6.45, 7) is 13.3. The number of nitrogens with zero attached hydrogens (tertiary/aromatic N) is 1. The number of aliphatic carboxylic acids is 1. The molecule has 448 valence electrons. The number of carboxylic acid groups (broad SMARTS) is 1. The largest absolute Gasteiger partial charge is 0.480 e. The molecule has 0 radical (unpaired) electrons. The minimum atomic E-state index is -3.00. The Balaban J connectivity index is 1.97. The van der Waals surface area contributed by atoms with Gasteiger partial charge in [0, 0.05) is 19.9 Å². The average Bonchev–Trinajstić information content (AvgIpc) is 3.41. The number of hydrogen-bond donors (Lipinski definition) is 6. The molecule has 80 heavy (non-hydrogen) atoms. The Kier molecular flexibility index (Phi) is 28.3. The number of carbonyl (C=O) groups excluding carboxylic acids is 7. The van der Waals surface area contributed by atoms with Crippen LogP contribution in [0.15, 0.2) is 60.7 Å². The number of hydrogen-bond acceptors (Lipinski definition) is 12. The summed E-state index contributed by atoms with van der Waals surface area (Å²) in [5, 5.41) is 22.8. The zero-order valence-electron chi connectivity index (χ0n) is 48.7. The maximum Gasteiger partial charge on any atom is 0.408 e. The van der Waals surface area contributed by atoms with E-state index in [9.17, 15) is 52.2 Å². The van der Waals surface area contributed by atoms with Crippen molar-refractivity contribution in [1.29, 1.82) is 0 Å². The molecule has 21 heteroatoms. The first kappa shape index (κ1) is 67.9. The van der Waals surface area contributed by atoms with Crippen molar-refractivity contribution in [2.45, 2.75) is 213 Å². The Morgan fingerprint density at radius 2 is 1.31 bits per heavy atom. The Morgan fingerprint density at radius 3 is 1.86 bits per heavy atom. The monoisotopic (exact) mass is 1130 g/mol. The first-order chi connectivity index (χ1) is 37.6. The van der Waals surface area contributed by atoms with Crippen molar-refractivity contribution in [3.8, 4) is 0 Å². The third-order valence-electron chi connectivity index (χ3n) is 14.1. The van der Waals surface area contributed by atoms with E-state index in [1.807, 2.05) is 13.8 Å². The molecule has 1 fully saturated rings. The molecule has 1 aliphatic carbocycles. The van der Waals surface area contributed by atoms with Gasteiger partial charge >= 0.3 is 24.1 Å². The van der Waals surface area contributed by atoms with Crippen LogP contribution in [-0.4, -0.2) is 125 Å². The second kappa shape index (κ2) is 33.4. The van der Waals surface area contributed by atoms with Crippen LogP contribution in [-0.2, 0) is 60.9 Å². The summed E-state index contributed by atoms with van der Waals surface area (Å²) in [4.78, 5) is 111. The molecule has 0 aromatic heterocycles. The summed E-state index contributed by atoms with van der Waals surface area (Å²) in [6.07, 6.45) is 2.64. The van der Waals surface area contributed by atoms with E-state index in [1.54, 1.807) is 88.4 Å². The second-order valence-corrected chi connectivity index (χ2v) is 22.7. The molecule has 2 aromatic carbocycles. The quantitative estimate of drug-likeness (QED) is 0.0222. The van der Waals surface area contributed by atoms with Crippen LogP contribution in [0.25, 0.3) is 0 Å². The third kappa shape index (κ3) is 24.5. The lowest BCUT2D eigenvalue weighted by atomic mass is 9.81. The van der Waals surface area contributed by atoms with Crippen LogP contribution in [0.1, 0.15) is 163 Å². The Labute approximate surface area is 471 Å². The van der Waals surface area contributed by atoms with Gasteiger partial charge in [-0.05, 0) is 89.7 Å². The van der Waals surface area contributed by atoms with E-state index >= 15 is 0 Å². The smallest absolute Gasteiger partial charge is 0.408 e. The predicted octanol–water partition coefficient (Wildman–Crippen LogP) is 8.75. The minimum absolute atomic E-state index is 0.0361. The summed E-state index contributed by atoms with van der Waals surface area (Å²) in [5.74, 6) is -10.5. The Hall–Kier alpha value is -6.38. The SMILES string of the molecule is CCCCCCCCCC[C@@H](OC(=O)CNC(=O)[C@@H](NC(=O)[C@@](C)(CNC(=O)OCc1ccccc1)NC(=O)C(NC(=O)OC(C)(C)C)C1CCC(F)(F)CC1)[C@H](C)OCc1ccccc1)[C@@H](C)C(=O)N(C)[C@@H](CC(C)C)C(=O)O. The molecule has 1 aliphatic rings. The number of unbranched alkanes of at least 4 members (excludes halogenated alkanes) is 7. The lowest BCUT2D eigenvalue weighted by Gasteiger charge is -2.37. The summed E-state index contributed by atoms with van der Waals surface area (Å²) >= 11 is 0. The normalized spacial score (nSPS) is 16.5. The highest BCUT2D eigenvalue weighted by molar-refractivity contribution is 5.97. The summed E-state index contributed by atoms with van der Waals surface area (Å²) in [7, 11) is 1.41. The van der Waals surface area contributed by atoms with Gasteiger partial charge in [0.25, 0.3) is 0 Å². The van der Waals surface area contributed by atoms with Crippen LogP contribution in [0, 0.1) is 17.8 Å².